The quantitative estimate of drug-likeness (QED) is 0.572. The zero-order valence-electron chi connectivity index (χ0n) is 15.9. The van der Waals surface area contributed by atoms with Crippen molar-refractivity contribution in [1.29, 1.82) is 0 Å². The molecule has 0 saturated heterocycles. The number of nitrogens with one attached hydrogen (secondary N) is 2. The van der Waals surface area contributed by atoms with Crippen LogP contribution in [0.2, 0.25) is 5.02 Å². The molecule has 162 valence electrons. The first-order valence-corrected chi connectivity index (χ1v) is 9.16. The third kappa shape index (κ3) is 4.97. The average molecular weight is 454 g/mol. The van der Waals surface area contributed by atoms with Crippen molar-refractivity contribution >= 4 is 29.2 Å². The number of rotatable bonds is 5. The van der Waals surface area contributed by atoms with Gasteiger partial charge in [0.1, 0.15) is 0 Å². The van der Waals surface area contributed by atoms with E-state index in [0.717, 1.165) is 12.1 Å². The van der Waals surface area contributed by atoms with E-state index in [9.17, 15) is 27.6 Å². The number of carbonyl (C=O) groups excluding carboxylic acids is 2. The van der Waals surface area contributed by atoms with E-state index in [1.807, 2.05) is 5.32 Å². The van der Waals surface area contributed by atoms with Crippen LogP contribution in [-0.2, 0) is 15.7 Å². The van der Waals surface area contributed by atoms with Gasteiger partial charge in [-0.05, 0) is 43.3 Å². The number of ether oxygens (including phenoxy) is 1. The Balaban J connectivity index is 1.65. The second-order valence-corrected chi connectivity index (χ2v) is 6.81. The number of halogens is 4. The summed E-state index contributed by atoms with van der Waals surface area (Å²) in [6, 6.07) is 8.88. The molecule has 3 aromatic rings. The molecule has 1 amide bonds. The molecule has 0 radical (unpaired) electrons. The zero-order chi connectivity index (χ0) is 22.8. The lowest BCUT2D eigenvalue weighted by Gasteiger charge is -2.15. The lowest BCUT2D eigenvalue weighted by atomic mass is 10.1. The first kappa shape index (κ1) is 22.2. The Morgan fingerprint density at radius 1 is 1.16 bits per heavy atom. The third-order valence-corrected chi connectivity index (χ3v) is 4.55. The fraction of sp³-hybridized carbons (Fsp3) is 0.150. The number of H-pyrrole nitrogens is 1. The summed E-state index contributed by atoms with van der Waals surface area (Å²) in [6.07, 6.45) is -3.20. The highest BCUT2D eigenvalue weighted by molar-refractivity contribution is 6.34. The largest absolute Gasteiger partial charge is 0.452 e. The van der Waals surface area contributed by atoms with Gasteiger partial charge in [-0.15, -0.1) is 0 Å². The molecule has 1 heterocycles. The molecule has 1 aromatic heterocycles. The van der Waals surface area contributed by atoms with Gasteiger partial charge in [-0.3, -0.25) is 9.36 Å². The number of benzene rings is 2. The number of carbonyl (C=O) groups is 2. The van der Waals surface area contributed by atoms with Gasteiger partial charge in [0.05, 0.1) is 27.5 Å². The minimum Gasteiger partial charge on any atom is -0.452 e. The van der Waals surface area contributed by atoms with Crippen LogP contribution >= 0.6 is 11.6 Å². The maximum Gasteiger partial charge on any atom is 0.418 e. The van der Waals surface area contributed by atoms with E-state index < -0.39 is 35.9 Å². The molecule has 0 fully saturated rings. The highest BCUT2D eigenvalue weighted by Crippen LogP contribution is 2.38. The van der Waals surface area contributed by atoms with Gasteiger partial charge >= 0.3 is 17.8 Å². The van der Waals surface area contributed by atoms with Crippen LogP contribution in [0, 0.1) is 6.92 Å². The van der Waals surface area contributed by atoms with E-state index in [4.69, 9.17) is 16.3 Å². The number of alkyl halides is 3. The van der Waals surface area contributed by atoms with Crippen LogP contribution in [0.15, 0.2) is 53.5 Å². The molecular weight excluding hydrogens is 439 g/mol. The van der Waals surface area contributed by atoms with Crippen molar-refractivity contribution in [2.45, 2.75) is 13.1 Å². The van der Waals surface area contributed by atoms with E-state index in [0.29, 0.717) is 11.4 Å². The standard InChI is InChI=1S/C20H15ClF3N3O4/c1-11-9-25-19(30)27(11)13-7-5-12(6-8-13)18(29)31-10-16(28)26-17-14(20(22,23)24)3-2-4-15(17)21/h2-9H,10H2,1H3,(H,25,30)(H,26,28). The number of aryl methyl sites for hydroxylation is 1. The topological polar surface area (TPSA) is 93.2 Å². The van der Waals surface area contributed by atoms with Crippen LogP contribution in [0.5, 0.6) is 0 Å². The van der Waals surface area contributed by atoms with Gasteiger partial charge in [0.15, 0.2) is 6.61 Å². The summed E-state index contributed by atoms with van der Waals surface area (Å²) in [5.74, 6) is -1.85. The van der Waals surface area contributed by atoms with E-state index in [1.54, 1.807) is 6.92 Å². The normalized spacial score (nSPS) is 11.3. The van der Waals surface area contributed by atoms with E-state index >= 15 is 0 Å². The van der Waals surface area contributed by atoms with Crippen LogP contribution in [0.25, 0.3) is 5.69 Å². The van der Waals surface area contributed by atoms with Crippen molar-refractivity contribution in [3.63, 3.8) is 0 Å². The van der Waals surface area contributed by atoms with Crippen molar-refractivity contribution in [3.05, 3.63) is 81.0 Å². The van der Waals surface area contributed by atoms with E-state index in [-0.39, 0.29) is 16.3 Å². The van der Waals surface area contributed by atoms with Crippen molar-refractivity contribution < 1.29 is 27.5 Å². The molecular formula is C20H15ClF3N3O4. The maximum atomic E-state index is 13.1. The fourth-order valence-electron chi connectivity index (χ4n) is 2.80. The van der Waals surface area contributed by atoms with Gasteiger partial charge in [-0.2, -0.15) is 13.2 Å². The van der Waals surface area contributed by atoms with Crippen LogP contribution in [-0.4, -0.2) is 28.0 Å². The number of nitrogens with zero attached hydrogens (tertiary/aromatic N) is 1. The summed E-state index contributed by atoms with van der Waals surface area (Å²) >= 11 is 5.77. The molecule has 0 aliphatic carbocycles. The number of hydrogen-bond donors (Lipinski definition) is 2. The fourth-order valence-corrected chi connectivity index (χ4v) is 3.02. The zero-order valence-corrected chi connectivity index (χ0v) is 16.7. The predicted molar refractivity (Wildman–Crippen MR) is 106 cm³/mol. The van der Waals surface area contributed by atoms with Gasteiger partial charge in [-0.25, -0.2) is 9.59 Å². The Morgan fingerprint density at radius 2 is 1.84 bits per heavy atom. The first-order chi connectivity index (χ1) is 14.6. The Hall–Kier alpha value is -3.53. The first-order valence-electron chi connectivity index (χ1n) is 8.78. The summed E-state index contributed by atoms with van der Waals surface area (Å²) < 4.78 is 45.5. The Bertz CT molecular complexity index is 1180. The van der Waals surface area contributed by atoms with Crippen molar-refractivity contribution in [2.75, 3.05) is 11.9 Å². The molecule has 0 aliphatic heterocycles. The summed E-state index contributed by atoms with van der Waals surface area (Å²) in [6.45, 7) is 0.904. The van der Waals surface area contributed by atoms with Crippen molar-refractivity contribution in [2.24, 2.45) is 0 Å². The SMILES string of the molecule is Cc1c[nH]c(=O)n1-c1ccc(C(=O)OCC(=O)Nc2c(Cl)cccc2C(F)(F)F)cc1. The van der Waals surface area contributed by atoms with Crippen molar-refractivity contribution in [1.82, 2.24) is 9.55 Å². The molecule has 0 spiro atoms. The summed E-state index contributed by atoms with van der Waals surface area (Å²) in [5.41, 5.74) is -0.819. The molecule has 2 N–H and O–H groups in total. The number of aromatic nitrogens is 2. The number of aromatic amines is 1. The minimum atomic E-state index is -4.73. The monoisotopic (exact) mass is 453 g/mol. The van der Waals surface area contributed by atoms with Crippen LogP contribution < -0.4 is 11.0 Å². The molecule has 0 atom stereocenters. The molecule has 0 unspecified atom stereocenters. The second kappa shape index (κ2) is 8.68. The summed E-state index contributed by atoms with van der Waals surface area (Å²) in [4.78, 5) is 38.5. The van der Waals surface area contributed by atoms with Gasteiger partial charge < -0.3 is 15.0 Å². The molecule has 0 saturated carbocycles. The highest BCUT2D eigenvalue weighted by Gasteiger charge is 2.34. The van der Waals surface area contributed by atoms with Crippen LogP contribution in [0.1, 0.15) is 21.6 Å². The molecule has 31 heavy (non-hydrogen) atoms. The van der Waals surface area contributed by atoms with E-state index in [2.05, 4.69) is 4.98 Å². The molecule has 7 nitrogen and oxygen atoms in total. The summed E-state index contributed by atoms with van der Waals surface area (Å²) in [5, 5.41) is 1.72. The van der Waals surface area contributed by atoms with Gasteiger partial charge in [0.25, 0.3) is 5.91 Å². The number of hydrogen-bond acceptors (Lipinski definition) is 4. The van der Waals surface area contributed by atoms with Gasteiger partial charge in [0.2, 0.25) is 0 Å². The number of amides is 1. The van der Waals surface area contributed by atoms with Gasteiger partial charge in [-0.1, -0.05) is 17.7 Å². The minimum absolute atomic E-state index is 0.0894. The highest BCUT2D eigenvalue weighted by atomic mass is 35.5. The molecule has 0 aliphatic rings. The molecule has 11 heteroatoms. The Kier molecular flexibility index (Phi) is 6.21. The van der Waals surface area contributed by atoms with Crippen LogP contribution in [0.4, 0.5) is 18.9 Å². The molecule has 3 rings (SSSR count). The van der Waals surface area contributed by atoms with Crippen LogP contribution in [0.3, 0.4) is 0 Å². The number of imidazole rings is 1. The van der Waals surface area contributed by atoms with Gasteiger partial charge in [0, 0.05) is 11.9 Å². The smallest absolute Gasteiger partial charge is 0.418 e. The lowest BCUT2D eigenvalue weighted by molar-refractivity contribution is -0.137. The number of anilines is 1. The number of para-hydroxylation sites is 1. The Labute approximate surface area is 178 Å². The van der Waals surface area contributed by atoms with E-state index in [1.165, 1.54) is 41.1 Å². The second-order valence-electron chi connectivity index (χ2n) is 6.40. The Morgan fingerprint density at radius 3 is 2.42 bits per heavy atom. The lowest BCUT2D eigenvalue weighted by Crippen LogP contribution is -2.23. The maximum absolute atomic E-state index is 13.1. The average Bonchev–Trinajstić information content (AvgIpc) is 3.05. The molecule has 2 aromatic carbocycles. The third-order valence-electron chi connectivity index (χ3n) is 4.24. The van der Waals surface area contributed by atoms with Crippen molar-refractivity contribution in [3.8, 4) is 5.69 Å². The summed E-state index contributed by atoms with van der Waals surface area (Å²) in [7, 11) is 0. The predicted octanol–water partition coefficient (Wildman–Crippen LogP) is 3.94. The number of esters is 1. The molecule has 0 bridgehead atoms.